The Kier molecular flexibility index (Phi) is 8.45. The van der Waals surface area contributed by atoms with Crippen LogP contribution in [0.1, 0.15) is 28.4 Å². The van der Waals surface area contributed by atoms with Crippen LogP contribution < -0.4 is 14.9 Å². The number of pyridine rings is 1. The van der Waals surface area contributed by atoms with E-state index in [0.717, 1.165) is 71.9 Å². The van der Waals surface area contributed by atoms with Crippen molar-refractivity contribution in [3.63, 3.8) is 0 Å². The van der Waals surface area contributed by atoms with Crippen molar-refractivity contribution in [2.24, 2.45) is 5.10 Å². The lowest BCUT2D eigenvalue weighted by Gasteiger charge is -2.27. The summed E-state index contributed by atoms with van der Waals surface area (Å²) in [5.41, 5.74) is 7.42. The minimum absolute atomic E-state index is 0.311. The fourth-order valence-electron chi connectivity index (χ4n) is 4.65. The van der Waals surface area contributed by atoms with E-state index in [4.69, 9.17) is 19.2 Å². The molecule has 1 amide bonds. The average Bonchev–Trinajstić information content (AvgIpc) is 2.97. The number of fused-ring (bicyclic) bond motifs is 1. The molecule has 1 aromatic heterocycles. The Bertz CT molecular complexity index is 1480. The Morgan fingerprint density at radius 3 is 2.74 bits per heavy atom. The van der Waals surface area contributed by atoms with Gasteiger partial charge in [-0.25, -0.2) is 10.4 Å². The summed E-state index contributed by atoms with van der Waals surface area (Å²) in [6.07, 6.45) is 1.65. The molecule has 0 bridgehead atoms. The molecule has 1 aliphatic rings. The second-order valence-corrected chi connectivity index (χ2v) is 9.19. The molecule has 1 N–H and O–H groups in total. The fourth-order valence-corrected chi connectivity index (χ4v) is 4.65. The van der Waals surface area contributed by atoms with Gasteiger partial charge in [0.25, 0.3) is 5.91 Å². The van der Waals surface area contributed by atoms with Gasteiger partial charge >= 0.3 is 0 Å². The lowest BCUT2D eigenvalue weighted by atomic mass is 10.0. The van der Waals surface area contributed by atoms with Gasteiger partial charge in [-0.1, -0.05) is 30.3 Å². The van der Waals surface area contributed by atoms with Crippen molar-refractivity contribution in [2.45, 2.75) is 13.5 Å². The maximum Gasteiger partial charge on any atom is 0.272 e. The van der Waals surface area contributed by atoms with Crippen LogP contribution in [0.15, 0.2) is 77.9 Å². The van der Waals surface area contributed by atoms with Gasteiger partial charge in [0.15, 0.2) is 0 Å². The predicted molar refractivity (Wildman–Crippen MR) is 152 cm³/mol. The number of rotatable bonds is 9. The van der Waals surface area contributed by atoms with Crippen LogP contribution >= 0.6 is 0 Å². The number of methoxy groups -OCH3 is 1. The third kappa shape index (κ3) is 6.42. The molecule has 8 heteroatoms. The van der Waals surface area contributed by atoms with E-state index in [0.29, 0.717) is 17.9 Å². The zero-order chi connectivity index (χ0) is 27.0. The van der Waals surface area contributed by atoms with Crippen molar-refractivity contribution in [1.29, 1.82) is 0 Å². The monoisotopic (exact) mass is 524 g/mol. The number of aromatic nitrogens is 1. The number of hydrogen-bond donors (Lipinski definition) is 1. The van der Waals surface area contributed by atoms with Crippen molar-refractivity contribution < 1.29 is 19.0 Å². The number of carbonyl (C=O) groups excluding carboxylic acids is 1. The maximum atomic E-state index is 13.3. The van der Waals surface area contributed by atoms with Gasteiger partial charge in [0.2, 0.25) is 0 Å². The van der Waals surface area contributed by atoms with Crippen molar-refractivity contribution in [3.8, 4) is 22.8 Å². The number of nitrogens with zero attached hydrogens (tertiary/aromatic N) is 3. The van der Waals surface area contributed by atoms with E-state index in [9.17, 15) is 4.79 Å². The highest BCUT2D eigenvalue weighted by atomic mass is 16.5. The van der Waals surface area contributed by atoms with Crippen LogP contribution in [-0.4, -0.2) is 62.0 Å². The highest BCUT2D eigenvalue weighted by Crippen LogP contribution is 2.27. The fraction of sp³-hybridized carbons (Fsp3) is 0.258. The normalized spacial score (nSPS) is 14.0. The van der Waals surface area contributed by atoms with E-state index in [1.807, 2.05) is 73.7 Å². The van der Waals surface area contributed by atoms with Gasteiger partial charge in [0.1, 0.15) is 11.5 Å². The summed E-state index contributed by atoms with van der Waals surface area (Å²) in [6, 6.07) is 23.0. The molecule has 1 saturated heterocycles. The van der Waals surface area contributed by atoms with E-state index < -0.39 is 0 Å². The molecule has 4 aromatic rings. The molecule has 5 rings (SSSR count). The number of morpholine rings is 1. The third-order valence-corrected chi connectivity index (χ3v) is 6.58. The standard InChI is InChI=1S/C31H32N4O4/c1-3-39-25-8-6-7-23(18-25)29-19-27(26-9-4-5-10-28(26)33-29)31(36)34-32-20-22-11-12-30(37-2)24(17-22)21-35-13-15-38-16-14-35/h4-12,17-20H,3,13-16,21H2,1-2H3,(H,34,36)/b32-20-. The first-order valence-corrected chi connectivity index (χ1v) is 13.1. The van der Waals surface area contributed by atoms with Crippen molar-refractivity contribution in [1.82, 2.24) is 15.3 Å². The van der Waals surface area contributed by atoms with Gasteiger partial charge in [0, 0.05) is 36.1 Å². The van der Waals surface area contributed by atoms with Crippen LogP contribution in [0.25, 0.3) is 22.2 Å². The summed E-state index contributed by atoms with van der Waals surface area (Å²) in [5.74, 6) is 1.27. The van der Waals surface area contributed by atoms with E-state index >= 15 is 0 Å². The van der Waals surface area contributed by atoms with Crippen LogP contribution in [0.2, 0.25) is 0 Å². The molecule has 200 valence electrons. The first-order valence-electron chi connectivity index (χ1n) is 13.1. The molecular weight excluding hydrogens is 492 g/mol. The largest absolute Gasteiger partial charge is 0.496 e. The molecule has 0 aliphatic carbocycles. The molecule has 0 unspecified atom stereocenters. The topological polar surface area (TPSA) is 85.3 Å². The van der Waals surface area contributed by atoms with Gasteiger partial charge in [-0.3, -0.25) is 9.69 Å². The first-order chi connectivity index (χ1) is 19.1. The quantitative estimate of drug-likeness (QED) is 0.248. The second kappa shape index (κ2) is 12.5. The van der Waals surface area contributed by atoms with Crippen LogP contribution in [0.5, 0.6) is 11.5 Å². The summed E-state index contributed by atoms with van der Waals surface area (Å²) < 4.78 is 16.7. The Labute approximate surface area is 228 Å². The minimum Gasteiger partial charge on any atom is -0.496 e. The molecular formula is C31H32N4O4. The summed E-state index contributed by atoms with van der Waals surface area (Å²) in [5, 5.41) is 5.03. The molecule has 8 nitrogen and oxygen atoms in total. The maximum absolute atomic E-state index is 13.3. The van der Waals surface area contributed by atoms with Crippen LogP contribution in [0.3, 0.4) is 0 Å². The number of hydrogen-bond acceptors (Lipinski definition) is 7. The van der Waals surface area contributed by atoms with Crippen molar-refractivity contribution in [3.05, 3.63) is 89.5 Å². The summed E-state index contributed by atoms with van der Waals surface area (Å²) in [7, 11) is 1.67. The summed E-state index contributed by atoms with van der Waals surface area (Å²) in [6.45, 7) is 6.52. The number of hydrazone groups is 1. The molecule has 1 fully saturated rings. The first kappa shape index (κ1) is 26.3. The molecule has 0 spiro atoms. The average molecular weight is 525 g/mol. The lowest BCUT2D eigenvalue weighted by molar-refractivity contribution is 0.0339. The predicted octanol–water partition coefficient (Wildman–Crippen LogP) is 4.91. The van der Waals surface area contributed by atoms with Crippen LogP contribution in [0, 0.1) is 0 Å². The SMILES string of the molecule is CCOc1cccc(-c2cc(C(=O)N/N=C\c3ccc(OC)c(CN4CCOCC4)c3)c3ccccc3n2)c1. The molecule has 0 radical (unpaired) electrons. The number of para-hydroxylation sites is 1. The van der Waals surface area contributed by atoms with Crippen molar-refractivity contribution >= 4 is 23.0 Å². The highest BCUT2D eigenvalue weighted by molar-refractivity contribution is 6.07. The van der Waals surface area contributed by atoms with Crippen LogP contribution in [-0.2, 0) is 11.3 Å². The van der Waals surface area contributed by atoms with Gasteiger partial charge in [0.05, 0.1) is 49.9 Å². The van der Waals surface area contributed by atoms with Gasteiger partial charge in [-0.15, -0.1) is 0 Å². The number of ether oxygens (including phenoxy) is 3. The molecule has 3 aromatic carbocycles. The lowest BCUT2D eigenvalue weighted by Crippen LogP contribution is -2.35. The summed E-state index contributed by atoms with van der Waals surface area (Å²) >= 11 is 0. The Hall–Kier alpha value is -4.27. The molecule has 39 heavy (non-hydrogen) atoms. The van der Waals surface area contributed by atoms with Gasteiger partial charge in [-0.05, 0) is 55.0 Å². The zero-order valence-corrected chi connectivity index (χ0v) is 22.2. The molecule has 0 saturated carbocycles. The smallest absolute Gasteiger partial charge is 0.272 e. The Balaban J connectivity index is 1.37. The molecule has 1 aliphatic heterocycles. The third-order valence-electron chi connectivity index (χ3n) is 6.58. The Morgan fingerprint density at radius 2 is 1.92 bits per heavy atom. The number of carbonyl (C=O) groups is 1. The van der Waals surface area contributed by atoms with Crippen molar-refractivity contribution in [2.75, 3.05) is 40.0 Å². The molecule has 2 heterocycles. The summed E-state index contributed by atoms with van der Waals surface area (Å²) in [4.78, 5) is 20.4. The number of amides is 1. The van der Waals surface area contributed by atoms with Gasteiger partial charge in [-0.2, -0.15) is 5.10 Å². The van der Waals surface area contributed by atoms with E-state index in [1.165, 1.54) is 0 Å². The minimum atomic E-state index is -0.311. The van der Waals surface area contributed by atoms with E-state index in [2.05, 4.69) is 15.4 Å². The highest BCUT2D eigenvalue weighted by Gasteiger charge is 2.15. The van der Waals surface area contributed by atoms with Gasteiger partial charge < -0.3 is 14.2 Å². The van der Waals surface area contributed by atoms with Crippen LogP contribution in [0.4, 0.5) is 0 Å². The van der Waals surface area contributed by atoms with E-state index in [-0.39, 0.29) is 5.91 Å². The van der Waals surface area contributed by atoms with E-state index in [1.54, 1.807) is 19.4 Å². The second-order valence-electron chi connectivity index (χ2n) is 9.19. The molecule has 0 atom stereocenters. The Morgan fingerprint density at radius 1 is 1.08 bits per heavy atom. The number of benzene rings is 3. The zero-order valence-electron chi connectivity index (χ0n) is 22.2. The number of nitrogens with one attached hydrogen (secondary N) is 1.